The maximum absolute atomic E-state index is 12.4. The summed E-state index contributed by atoms with van der Waals surface area (Å²) < 4.78 is 10.1. The molecule has 134 valence electrons. The number of carbonyl (C=O) groups is 2. The van der Waals surface area contributed by atoms with E-state index in [1.54, 1.807) is 6.92 Å². The molecule has 1 N–H and O–H groups in total. The molecule has 1 aliphatic rings. The third-order valence-electron chi connectivity index (χ3n) is 4.10. The quantitative estimate of drug-likeness (QED) is 0.813. The van der Waals surface area contributed by atoms with Crippen LogP contribution in [0.4, 0.5) is 5.13 Å². The van der Waals surface area contributed by atoms with Gasteiger partial charge in [0.25, 0.3) is 0 Å². The van der Waals surface area contributed by atoms with Gasteiger partial charge in [0.05, 0.1) is 31.1 Å². The van der Waals surface area contributed by atoms with Crippen LogP contribution in [0, 0.1) is 13.8 Å². The molecule has 1 fully saturated rings. The number of rotatable bonds is 5. The summed E-state index contributed by atoms with van der Waals surface area (Å²) in [6.07, 6.45) is 1.94. The number of esters is 1. The summed E-state index contributed by atoms with van der Waals surface area (Å²) in [4.78, 5) is 30.7. The van der Waals surface area contributed by atoms with E-state index < -0.39 is 5.97 Å². The van der Waals surface area contributed by atoms with E-state index in [4.69, 9.17) is 9.26 Å². The van der Waals surface area contributed by atoms with E-state index in [-0.39, 0.29) is 18.5 Å². The Morgan fingerprint density at radius 1 is 1.48 bits per heavy atom. The van der Waals surface area contributed by atoms with Gasteiger partial charge in [0.15, 0.2) is 10.9 Å². The van der Waals surface area contributed by atoms with Gasteiger partial charge in [0, 0.05) is 6.07 Å². The molecule has 0 spiro atoms. The van der Waals surface area contributed by atoms with Gasteiger partial charge in [0.1, 0.15) is 4.88 Å². The summed E-state index contributed by atoms with van der Waals surface area (Å²) in [6, 6.07) is 1.98. The molecule has 1 amide bonds. The zero-order chi connectivity index (χ0) is 18.0. The van der Waals surface area contributed by atoms with Crippen LogP contribution in [0.2, 0.25) is 0 Å². The molecule has 1 atom stereocenters. The summed E-state index contributed by atoms with van der Waals surface area (Å²) in [5.74, 6) is 0.171. The maximum atomic E-state index is 12.4. The van der Waals surface area contributed by atoms with Crippen LogP contribution in [0.15, 0.2) is 10.6 Å². The fourth-order valence-corrected chi connectivity index (χ4v) is 3.85. The number of hydrogen-bond donors (Lipinski definition) is 1. The molecular formula is C16H20N4O4S. The van der Waals surface area contributed by atoms with Gasteiger partial charge >= 0.3 is 5.97 Å². The molecule has 0 unspecified atom stereocenters. The number of nitrogens with one attached hydrogen (secondary N) is 1. The van der Waals surface area contributed by atoms with E-state index in [1.165, 1.54) is 7.11 Å². The number of amides is 1. The fourth-order valence-electron chi connectivity index (χ4n) is 2.95. The Balaban J connectivity index is 1.63. The molecule has 3 rings (SSSR count). The highest BCUT2D eigenvalue weighted by molar-refractivity contribution is 7.17. The normalized spacial score (nSPS) is 17.6. The second-order valence-corrected chi connectivity index (χ2v) is 6.97. The lowest BCUT2D eigenvalue weighted by Crippen LogP contribution is -2.32. The molecule has 9 heteroatoms. The number of thiazole rings is 1. The number of hydrogen-bond acceptors (Lipinski definition) is 8. The Hall–Kier alpha value is -2.26. The number of likely N-dealkylation sites (tertiary alicyclic amines) is 1. The van der Waals surface area contributed by atoms with Crippen molar-refractivity contribution in [2.75, 3.05) is 25.5 Å². The lowest BCUT2D eigenvalue weighted by molar-refractivity contribution is -0.117. The van der Waals surface area contributed by atoms with E-state index in [2.05, 4.69) is 20.4 Å². The summed E-state index contributed by atoms with van der Waals surface area (Å²) in [7, 11) is 1.32. The van der Waals surface area contributed by atoms with Crippen molar-refractivity contribution in [1.82, 2.24) is 15.0 Å². The van der Waals surface area contributed by atoms with Gasteiger partial charge in [0.2, 0.25) is 5.91 Å². The van der Waals surface area contributed by atoms with E-state index in [9.17, 15) is 9.59 Å². The zero-order valence-corrected chi connectivity index (χ0v) is 15.2. The Morgan fingerprint density at radius 2 is 2.28 bits per heavy atom. The highest BCUT2D eigenvalue weighted by Crippen LogP contribution is 2.32. The number of nitrogens with zero attached hydrogens (tertiary/aromatic N) is 3. The van der Waals surface area contributed by atoms with Crippen molar-refractivity contribution < 1.29 is 18.8 Å². The predicted octanol–water partition coefficient (Wildman–Crippen LogP) is 2.31. The average molecular weight is 364 g/mol. The summed E-state index contributed by atoms with van der Waals surface area (Å²) in [6.45, 7) is 4.64. The molecule has 0 aromatic carbocycles. The molecule has 0 bridgehead atoms. The smallest absolute Gasteiger partial charge is 0.350 e. The van der Waals surface area contributed by atoms with Crippen molar-refractivity contribution in [2.45, 2.75) is 32.7 Å². The lowest BCUT2D eigenvalue weighted by Gasteiger charge is -2.21. The molecule has 0 saturated carbocycles. The van der Waals surface area contributed by atoms with Crippen LogP contribution in [0.25, 0.3) is 0 Å². The second-order valence-electron chi connectivity index (χ2n) is 5.97. The van der Waals surface area contributed by atoms with Gasteiger partial charge in [-0.15, -0.1) is 0 Å². The van der Waals surface area contributed by atoms with Gasteiger partial charge in [-0.2, -0.15) is 0 Å². The number of ether oxygens (including phenoxy) is 1. The van der Waals surface area contributed by atoms with Crippen LogP contribution in [-0.2, 0) is 9.53 Å². The van der Waals surface area contributed by atoms with Gasteiger partial charge < -0.3 is 14.6 Å². The molecule has 1 saturated heterocycles. The van der Waals surface area contributed by atoms with E-state index in [1.807, 2.05) is 13.0 Å². The van der Waals surface area contributed by atoms with Crippen LogP contribution in [0.3, 0.4) is 0 Å². The van der Waals surface area contributed by atoms with Crippen LogP contribution in [0.5, 0.6) is 0 Å². The van der Waals surface area contributed by atoms with Gasteiger partial charge in [-0.05, 0) is 33.2 Å². The highest BCUT2D eigenvalue weighted by Gasteiger charge is 2.30. The van der Waals surface area contributed by atoms with Crippen molar-refractivity contribution >= 4 is 28.3 Å². The van der Waals surface area contributed by atoms with E-state index in [0.29, 0.717) is 15.7 Å². The first-order valence-electron chi connectivity index (χ1n) is 8.00. The van der Waals surface area contributed by atoms with Crippen molar-refractivity contribution in [2.24, 2.45) is 0 Å². The second kappa shape index (κ2) is 7.32. The molecule has 2 aromatic rings. The van der Waals surface area contributed by atoms with Gasteiger partial charge in [-0.1, -0.05) is 16.5 Å². The first-order valence-corrected chi connectivity index (χ1v) is 8.82. The SMILES string of the molecule is COC(=O)c1sc(NC(=O)CN2CCC[C@H]2c2cc(C)no2)nc1C. The number of anilines is 1. The number of methoxy groups -OCH3 is 1. The van der Waals surface area contributed by atoms with Crippen LogP contribution < -0.4 is 5.32 Å². The van der Waals surface area contributed by atoms with E-state index >= 15 is 0 Å². The minimum absolute atomic E-state index is 0.0654. The van der Waals surface area contributed by atoms with Crippen molar-refractivity contribution in [3.8, 4) is 0 Å². The lowest BCUT2D eigenvalue weighted by atomic mass is 10.1. The molecule has 0 radical (unpaired) electrons. The zero-order valence-electron chi connectivity index (χ0n) is 14.4. The first-order chi connectivity index (χ1) is 12.0. The summed E-state index contributed by atoms with van der Waals surface area (Å²) in [5.41, 5.74) is 1.38. The van der Waals surface area contributed by atoms with Crippen LogP contribution in [-0.4, -0.2) is 47.1 Å². The molecule has 1 aliphatic heterocycles. The molecule has 2 aromatic heterocycles. The van der Waals surface area contributed by atoms with Crippen molar-refractivity contribution in [3.63, 3.8) is 0 Å². The first kappa shape index (κ1) is 17.6. The molecule has 25 heavy (non-hydrogen) atoms. The third-order valence-corrected chi connectivity index (χ3v) is 5.15. The molecular weight excluding hydrogens is 344 g/mol. The Labute approximate surface area is 149 Å². The Kier molecular flexibility index (Phi) is 5.14. The average Bonchev–Trinajstić information content (AvgIpc) is 3.27. The Morgan fingerprint density at radius 3 is 2.96 bits per heavy atom. The number of aryl methyl sites for hydroxylation is 2. The minimum Gasteiger partial charge on any atom is -0.465 e. The predicted molar refractivity (Wildman–Crippen MR) is 91.6 cm³/mol. The van der Waals surface area contributed by atoms with E-state index in [0.717, 1.165) is 42.2 Å². The molecule has 8 nitrogen and oxygen atoms in total. The topological polar surface area (TPSA) is 97.6 Å². The summed E-state index contributed by atoms with van der Waals surface area (Å²) in [5, 5.41) is 7.08. The number of carbonyl (C=O) groups excluding carboxylic acids is 2. The van der Waals surface area contributed by atoms with Crippen LogP contribution in [0.1, 0.15) is 45.7 Å². The molecule has 0 aliphatic carbocycles. The van der Waals surface area contributed by atoms with Gasteiger partial charge in [-0.25, -0.2) is 9.78 Å². The van der Waals surface area contributed by atoms with Crippen molar-refractivity contribution in [3.05, 3.63) is 28.1 Å². The number of aromatic nitrogens is 2. The summed E-state index contributed by atoms with van der Waals surface area (Å²) >= 11 is 1.11. The Bertz CT molecular complexity index is 785. The largest absolute Gasteiger partial charge is 0.465 e. The standard InChI is InChI=1S/C16H20N4O4S/c1-9-7-12(24-19-9)11-5-4-6-20(11)8-13(21)18-16-17-10(2)14(25-16)15(22)23-3/h7,11H,4-6,8H2,1-3H3,(H,17,18,21)/t11-/m0/s1. The minimum atomic E-state index is -0.448. The fraction of sp³-hybridized carbons (Fsp3) is 0.500. The third kappa shape index (κ3) is 3.88. The van der Waals surface area contributed by atoms with Crippen molar-refractivity contribution in [1.29, 1.82) is 0 Å². The maximum Gasteiger partial charge on any atom is 0.350 e. The van der Waals surface area contributed by atoms with Crippen LogP contribution >= 0.6 is 11.3 Å². The molecule has 3 heterocycles. The highest BCUT2D eigenvalue weighted by atomic mass is 32.1. The van der Waals surface area contributed by atoms with Gasteiger partial charge in [-0.3, -0.25) is 9.69 Å². The monoisotopic (exact) mass is 364 g/mol.